The Morgan fingerprint density at radius 3 is 2.76 bits per heavy atom. The fourth-order valence-electron chi connectivity index (χ4n) is 1.72. The SMILES string of the molecule is CC(CC(=O)O)n1cnc2cc(F)c(F)cc21. The van der Waals surface area contributed by atoms with Crippen molar-refractivity contribution >= 4 is 17.0 Å². The largest absolute Gasteiger partial charge is 0.481 e. The summed E-state index contributed by atoms with van der Waals surface area (Å²) in [6, 6.07) is 1.65. The van der Waals surface area contributed by atoms with Crippen LogP contribution in [0, 0.1) is 11.6 Å². The van der Waals surface area contributed by atoms with Gasteiger partial charge in [0.2, 0.25) is 0 Å². The summed E-state index contributed by atoms with van der Waals surface area (Å²) in [6.07, 6.45) is 1.28. The van der Waals surface area contributed by atoms with Crippen molar-refractivity contribution in [3.8, 4) is 0 Å². The van der Waals surface area contributed by atoms with E-state index in [9.17, 15) is 13.6 Å². The number of fused-ring (bicyclic) bond motifs is 1. The second kappa shape index (κ2) is 4.12. The average molecular weight is 240 g/mol. The van der Waals surface area contributed by atoms with Gasteiger partial charge < -0.3 is 9.67 Å². The molecule has 1 atom stereocenters. The molecule has 1 aromatic carbocycles. The zero-order valence-electron chi connectivity index (χ0n) is 9.02. The zero-order valence-corrected chi connectivity index (χ0v) is 9.02. The van der Waals surface area contributed by atoms with Gasteiger partial charge in [0.05, 0.1) is 23.8 Å². The molecular weight excluding hydrogens is 230 g/mol. The fraction of sp³-hybridized carbons (Fsp3) is 0.273. The van der Waals surface area contributed by atoms with Gasteiger partial charge in [0, 0.05) is 18.2 Å². The van der Waals surface area contributed by atoms with Gasteiger partial charge in [0.15, 0.2) is 11.6 Å². The van der Waals surface area contributed by atoms with Gasteiger partial charge in [-0.15, -0.1) is 0 Å². The van der Waals surface area contributed by atoms with Crippen LogP contribution in [0.15, 0.2) is 18.5 Å². The summed E-state index contributed by atoms with van der Waals surface area (Å²) in [5.74, 6) is -2.89. The highest BCUT2D eigenvalue weighted by Crippen LogP contribution is 2.22. The molecule has 2 rings (SSSR count). The molecule has 0 radical (unpaired) electrons. The molecule has 1 heterocycles. The normalized spacial score (nSPS) is 12.9. The van der Waals surface area contributed by atoms with Crippen LogP contribution in [-0.2, 0) is 4.79 Å². The second-order valence-electron chi connectivity index (χ2n) is 3.85. The van der Waals surface area contributed by atoms with Crippen molar-refractivity contribution in [3.05, 3.63) is 30.1 Å². The molecule has 0 saturated carbocycles. The molecule has 1 unspecified atom stereocenters. The summed E-state index contributed by atoms with van der Waals surface area (Å²) in [7, 11) is 0. The predicted octanol–water partition coefficient (Wildman–Crippen LogP) is 2.35. The Balaban J connectivity index is 2.48. The molecule has 0 aliphatic rings. The number of hydrogen-bond donors (Lipinski definition) is 1. The molecule has 0 saturated heterocycles. The van der Waals surface area contributed by atoms with E-state index in [-0.39, 0.29) is 12.5 Å². The number of halogens is 2. The third-order valence-electron chi connectivity index (χ3n) is 2.56. The summed E-state index contributed by atoms with van der Waals surface area (Å²) in [6.45, 7) is 1.68. The molecule has 1 N–H and O–H groups in total. The van der Waals surface area contributed by atoms with Crippen molar-refractivity contribution in [3.63, 3.8) is 0 Å². The van der Waals surface area contributed by atoms with Crippen LogP contribution in [0.5, 0.6) is 0 Å². The fourth-order valence-corrected chi connectivity index (χ4v) is 1.72. The first-order valence-corrected chi connectivity index (χ1v) is 5.02. The molecule has 0 fully saturated rings. The molecule has 0 spiro atoms. The third-order valence-corrected chi connectivity index (χ3v) is 2.56. The number of aliphatic carboxylic acids is 1. The van der Waals surface area contributed by atoms with E-state index in [4.69, 9.17) is 5.11 Å². The number of nitrogens with zero attached hydrogens (tertiary/aromatic N) is 2. The van der Waals surface area contributed by atoms with E-state index in [0.717, 1.165) is 12.1 Å². The van der Waals surface area contributed by atoms with Crippen molar-refractivity contribution in [2.45, 2.75) is 19.4 Å². The molecule has 1 aromatic heterocycles. The number of hydrogen-bond acceptors (Lipinski definition) is 2. The highest BCUT2D eigenvalue weighted by atomic mass is 19.2. The van der Waals surface area contributed by atoms with E-state index in [1.54, 1.807) is 6.92 Å². The first kappa shape index (κ1) is 11.5. The maximum Gasteiger partial charge on any atom is 0.305 e. The summed E-state index contributed by atoms with van der Waals surface area (Å²) in [4.78, 5) is 14.5. The van der Waals surface area contributed by atoms with Gasteiger partial charge >= 0.3 is 5.97 Å². The van der Waals surface area contributed by atoms with Crippen LogP contribution in [0.25, 0.3) is 11.0 Å². The highest BCUT2D eigenvalue weighted by Gasteiger charge is 2.14. The molecular formula is C11H10F2N2O2. The average Bonchev–Trinajstić information content (AvgIpc) is 2.60. The van der Waals surface area contributed by atoms with E-state index < -0.39 is 17.6 Å². The van der Waals surface area contributed by atoms with Crippen LogP contribution < -0.4 is 0 Å². The Hall–Kier alpha value is -1.98. The lowest BCUT2D eigenvalue weighted by atomic mass is 10.2. The number of carboxylic acid groups (broad SMARTS) is 1. The minimum Gasteiger partial charge on any atom is -0.481 e. The molecule has 0 amide bonds. The zero-order chi connectivity index (χ0) is 12.6. The quantitative estimate of drug-likeness (QED) is 0.895. The smallest absolute Gasteiger partial charge is 0.305 e. The van der Waals surface area contributed by atoms with Crippen molar-refractivity contribution in [2.24, 2.45) is 0 Å². The summed E-state index contributed by atoms with van der Waals surface area (Å²) >= 11 is 0. The molecule has 2 aromatic rings. The van der Waals surface area contributed by atoms with Gasteiger partial charge in [-0.3, -0.25) is 4.79 Å². The Labute approximate surface area is 95.5 Å². The Morgan fingerprint density at radius 1 is 1.47 bits per heavy atom. The first-order chi connectivity index (χ1) is 7.99. The van der Waals surface area contributed by atoms with Gasteiger partial charge in [-0.2, -0.15) is 0 Å². The maximum atomic E-state index is 13.1. The van der Waals surface area contributed by atoms with Crippen molar-refractivity contribution in [1.29, 1.82) is 0 Å². The molecule has 90 valence electrons. The number of imidazole rings is 1. The van der Waals surface area contributed by atoms with E-state index in [0.29, 0.717) is 11.0 Å². The Morgan fingerprint density at radius 2 is 2.12 bits per heavy atom. The lowest BCUT2D eigenvalue weighted by Gasteiger charge is -2.11. The number of aromatic nitrogens is 2. The van der Waals surface area contributed by atoms with Gasteiger partial charge in [-0.1, -0.05) is 0 Å². The van der Waals surface area contributed by atoms with Crippen LogP contribution >= 0.6 is 0 Å². The number of benzene rings is 1. The van der Waals surface area contributed by atoms with E-state index >= 15 is 0 Å². The van der Waals surface area contributed by atoms with E-state index in [1.165, 1.54) is 10.9 Å². The third kappa shape index (κ3) is 2.11. The molecule has 0 bridgehead atoms. The second-order valence-corrected chi connectivity index (χ2v) is 3.85. The summed E-state index contributed by atoms with van der Waals surface area (Å²) < 4.78 is 27.6. The summed E-state index contributed by atoms with van der Waals surface area (Å²) in [5.41, 5.74) is 0.693. The van der Waals surface area contributed by atoms with Gasteiger partial charge in [0.25, 0.3) is 0 Å². The first-order valence-electron chi connectivity index (χ1n) is 5.02. The van der Waals surface area contributed by atoms with Crippen molar-refractivity contribution in [2.75, 3.05) is 0 Å². The Bertz CT molecular complexity index is 580. The molecule has 17 heavy (non-hydrogen) atoms. The van der Waals surface area contributed by atoms with Crippen LogP contribution in [0.1, 0.15) is 19.4 Å². The monoisotopic (exact) mass is 240 g/mol. The van der Waals surface area contributed by atoms with Crippen LogP contribution in [0.4, 0.5) is 8.78 Å². The van der Waals surface area contributed by atoms with Crippen molar-refractivity contribution in [1.82, 2.24) is 9.55 Å². The number of rotatable bonds is 3. The van der Waals surface area contributed by atoms with E-state index in [1.807, 2.05) is 0 Å². The lowest BCUT2D eigenvalue weighted by Crippen LogP contribution is -2.09. The van der Waals surface area contributed by atoms with Crippen LogP contribution in [0.3, 0.4) is 0 Å². The van der Waals surface area contributed by atoms with Crippen LogP contribution in [0.2, 0.25) is 0 Å². The van der Waals surface area contributed by atoms with Gasteiger partial charge in [-0.05, 0) is 6.92 Å². The van der Waals surface area contributed by atoms with Crippen molar-refractivity contribution < 1.29 is 18.7 Å². The molecule has 6 heteroatoms. The number of carbonyl (C=O) groups is 1. The Kier molecular flexibility index (Phi) is 2.79. The maximum absolute atomic E-state index is 13.1. The number of carboxylic acids is 1. The molecule has 4 nitrogen and oxygen atoms in total. The van der Waals surface area contributed by atoms with E-state index in [2.05, 4.69) is 4.98 Å². The topological polar surface area (TPSA) is 55.1 Å². The van der Waals surface area contributed by atoms with Gasteiger partial charge in [0.1, 0.15) is 0 Å². The van der Waals surface area contributed by atoms with Crippen LogP contribution in [-0.4, -0.2) is 20.6 Å². The lowest BCUT2D eigenvalue weighted by molar-refractivity contribution is -0.137. The minimum absolute atomic E-state index is 0.107. The predicted molar refractivity (Wildman–Crippen MR) is 56.6 cm³/mol. The summed E-state index contributed by atoms with van der Waals surface area (Å²) in [5, 5.41) is 8.69. The van der Waals surface area contributed by atoms with Gasteiger partial charge in [-0.25, -0.2) is 13.8 Å². The molecule has 0 aliphatic carbocycles. The minimum atomic E-state index is -0.971. The molecule has 0 aliphatic heterocycles. The highest BCUT2D eigenvalue weighted by molar-refractivity contribution is 5.76. The standard InChI is InChI=1S/C11H10F2N2O2/c1-6(2-11(16)17)15-5-14-9-3-7(12)8(13)4-10(9)15/h3-6H,2H2,1H3,(H,16,17).